The predicted molar refractivity (Wildman–Crippen MR) is 46.8 cm³/mol. The topological polar surface area (TPSA) is 70.8 Å². The molecule has 13 heavy (non-hydrogen) atoms. The van der Waals surface area contributed by atoms with Crippen molar-refractivity contribution >= 4 is 5.97 Å². The first-order chi connectivity index (χ1) is 5.95. The van der Waals surface area contributed by atoms with Crippen LogP contribution >= 0.6 is 0 Å². The molecule has 0 aliphatic rings. The molecule has 0 aromatic rings. The summed E-state index contributed by atoms with van der Waals surface area (Å²) in [5.41, 5.74) is -0.467. The smallest absolute Gasteiger partial charge is 0.332 e. The third-order valence-corrected chi connectivity index (χ3v) is 0.985. The average molecular weight is 191 g/mol. The molecule has 0 spiro atoms. The van der Waals surface area contributed by atoms with Crippen LogP contribution in [0, 0.1) is 0 Å². The van der Waals surface area contributed by atoms with Crippen molar-refractivity contribution in [2.24, 2.45) is 5.90 Å². The molecule has 0 bridgehead atoms. The van der Waals surface area contributed by atoms with Crippen LogP contribution in [0.5, 0.6) is 0 Å². The summed E-state index contributed by atoms with van der Waals surface area (Å²) < 4.78 is 9.88. The van der Waals surface area contributed by atoms with Gasteiger partial charge in [0.15, 0.2) is 0 Å². The van der Waals surface area contributed by atoms with Gasteiger partial charge in [0.05, 0.1) is 13.2 Å². The van der Waals surface area contributed by atoms with Crippen molar-refractivity contribution in [1.82, 2.24) is 0 Å². The zero-order valence-electron chi connectivity index (χ0n) is 8.33. The lowest BCUT2D eigenvalue weighted by atomic mass is 10.2. The van der Waals surface area contributed by atoms with Crippen LogP contribution in [0.25, 0.3) is 0 Å². The Bertz CT molecular complexity index is 153. The molecular formula is C8H17NO4. The summed E-state index contributed by atoms with van der Waals surface area (Å²) in [6.45, 7) is 5.88. The summed E-state index contributed by atoms with van der Waals surface area (Å²) in [7, 11) is 0. The highest BCUT2D eigenvalue weighted by molar-refractivity contribution is 5.71. The van der Waals surface area contributed by atoms with E-state index in [2.05, 4.69) is 4.84 Å². The van der Waals surface area contributed by atoms with E-state index in [0.717, 1.165) is 0 Å². The van der Waals surface area contributed by atoms with E-state index in [1.54, 1.807) is 20.8 Å². The molecule has 0 unspecified atom stereocenters. The van der Waals surface area contributed by atoms with Crippen molar-refractivity contribution in [2.45, 2.75) is 26.4 Å². The van der Waals surface area contributed by atoms with Crippen molar-refractivity contribution in [1.29, 1.82) is 0 Å². The summed E-state index contributed by atoms with van der Waals surface area (Å²) in [5, 5.41) is 0. The fourth-order valence-electron chi connectivity index (χ4n) is 0.634. The van der Waals surface area contributed by atoms with Gasteiger partial charge in [-0.1, -0.05) is 0 Å². The lowest BCUT2D eigenvalue weighted by Crippen LogP contribution is -2.27. The van der Waals surface area contributed by atoms with E-state index in [1.807, 2.05) is 0 Å². The van der Waals surface area contributed by atoms with Crippen LogP contribution in [0.15, 0.2) is 0 Å². The van der Waals surface area contributed by atoms with Crippen molar-refractivity contribution < 1.29 is 19.1 Å². The van der Waals surface area contributed by atoms with Gasteiger partial charge in [0, 0.05) is 0 Å². The van der Waals surface area contributed by atoms with Crippen LogP contribution in [0.1, 0.15) is 20.8 Å². The van der Waals surface area contributed by atoms with Crippen LogP contribution in [-0.4, -0.2) is 31.4 Å². The first kappa shape index (κ1) is 12.3. The van der Waals surface area contributed by atoms with Crippen LogP contribution in [0.2, 0.25) is 0 Å². The van der Waals surface area contributed by atoms with Crippen molar-refractivity contribution in [2.75, 3.05) is 19.8 Å². The van der Waals surface area contributed by atoms with Crippen molar-refractivity contribution in [3.05, 3.63) is 0 Å². The zero-order valence-corrected chi connectivity index (χ0v) is 8.33. The van der Waals surface area contributed by atoms with Crippen LogP contribution < -0.4 is 5.90 Å². The quantitative estimate of drug-likeness (QED) is 0.383. The largest absolute Gasteiger partial charge is 0.458 e. The molecule has 5 nitrogen and oxygen atoms in total. The monoisotopic (exact) mass is 191 g/mol. The molecule has 0 aliphatic heterocycles. The second kappa shape index (κ2) is 5.90. The Labute approximate surface area is 78.1 Å². The van der Waals surface area contributed by atoms with Crippen LogP contribution in [0.3, 0.4) is 0 Å². The molecule has 0 heterocycles. The Morgan fingerprint density at radius 2 is 1.92 bits per heavy atom. The first-order valence-corrected chi connectivity index (χ1v) is 4.07. The van der Waals surface area contributed by atoms with Crippen LogP contribution in [0.4, 0.5) is 0 Å². The minimum Gasteiger partial charge on any atom is -0.458 e. The molecule has 78 valence electrons. The highest BCUT2D eigenvalue weighted by Crippen LogP contribution is 2.06. The second-order valence-electron chi connectivity index (χ2n) is 3.51. The van der Waals surface area contributed by atoms with E-state index in [4.69, 9.17) is 15.4 Å². The molecule has 0 fully saturated rings. The molecule has 0 aromatic carbocycles. The van der Waals surface area contributed by atoms with Gasteiger partial charge in [-0.2, -0.15) is 0 Å². The Kier molecular flexibility index (Phi) is 5.61. The van der Waals surface area contributed by atoms with Gasteiger partial charge in [0.1, 0.15) is 12.2 Å². The first-order valence-electron chi connectivity index (χ1n) is 4.07. The van der Waals surface area contributed by atoms with Gasteiger partial charge >= 0.3 is 5.97 Å². The number of ether oxygens (including phenoxy) is 2. The number of nitrogens with two attached hydrogens (primary N) is 1. The molecule has 0 saturated heterocycles. The second-order valence-corrected chi connectivity index (χ2v) is 3.51. The highest BCUT2D eigenvalue weighted by atomic mass is 16.6. The van der Waals surface area contributed by atoms with E-state index in [9.17, 15) is 4.79 Å². The van der Waals surface area contributed by atoms with Gasteiger partial charge in [-0.3, -0.25) is 0 Å². The van der Waals surface area contributed by atoms with Gasteiger partial charge in [-0.05, 0) is 20.8 Å². The normalized spacial score (nSPS) is 11.4. The fraction of sp³-hybridized carbons (Fsp3) is 0.875. The summed E-state index contributed by atoms with van der Waals surface area (Å²) in [5.74, 6) is 4.37. The van der Waals surface area contributed by atoms with Gasteiger partial charge in [0.2, 0.25) is 0 Å². The lowest BCUT2D eigenvalue weighted by molar-refractivity contribution is -0.160. The Morgan fingerprint density at radius 1 is 1.31 bits per heavy atom. The number of rotatable bonds is 5. The maximum absolute atomic E-state index is 11.0. The molecule has 2 N–H and O–H groups in total. The standard InChI is InChI=1S/C8H17NO4/c1-8(2,3)13-7(10)6-11-4-5-12-9/h4-6,9H2,1-3H3. The number of carbonyl (C=O) groups is 1. The van der Waals surface area contributed by atoms with Gasteiger partial charge in [-0.15, -0.1) is 0 Å². The van der Waals surface area contributed by atoms with Gasteiger partial charge in [0.25, 0.3) is 0 Å². The van der Waals surface area contributed by atoms with E-state index < -0.39 is 5.60 Å². The van der Waals surface area contributed by atoms with Crippen molar-refractivity contribution in [3.63, 3.8) is 0 Å². The third kappa shape index (κ3) is 9.26. The number of hydrogen-bond donors (Lipinski definition) is 1. The molecule has 0 amide bonds. The number of esters is 1. The minimum absolute atomic E-state index is 0.0688. The molecule has 0 radical (unpaired) electrons. The summed E-state index contributed by atoms with van der Waals surface area (Å²) in [6.07, 6.45) is 0. The molecular weight excluding hydrogens is 174 g/mol. The summed E-state index contributed by atoms with van der Waals surface area (Å²) >= 11 is 0. The lowest BCUT2D eigenvalue weighted by Gasteiger charge is -2.19. The molecule has 5 heteroatoms. The fourth-order valence-corrected chi connectivity index (χ4v) is 0.634. The number of hydrogen-bond acceptors (Lipinski definition) is 5. The molecule has 0 saturated carbocycles. The van der Waals surface area contributed by atoms with Crippen LogP contribution in [-0.2, 0) is 19.1 Å². The average Bonchev–Trinajstić information content (AvgIpc) is 1.94. The van der Waals surface area contributed by atoms with E-state index in [1.165, 1.54) is 0 Å². The SMILES string of the molecule is CC(C)(C)OC(=O)COCCON. The Morgan fingerprint density at radius 3 is 2.38 bits per heavy atom. The third-order valence-electron chi connectivity index (χ3n) is 0.985. The van der Waals surface area contributed by atoms with Gasteiger partial charge in [-0.25, -0.2) is 10.7 Å². The molecule has 0 aromatic heterocycles. The van der Waals surface area contributed by atoms with E-state index >= 15 is 0 Å². The minimum atomic E-state index is -0.467. The zero-order chi connectivity index (χ0) is 10.3. The van der Waals surface area contributed by atoms with Crippen molar-refractivity contribution in [3.8, 4) is 0 Å². The predicted octanol–water partition coefficient (Wildman–Crippen LogP) is 0.235. The maximum Gasteiger partial charge on any atom is 0.332 e. The molecule has 0 rings (SSSR count). The maximum atomic E-state index is 11.0. The molecule has 0 aliphatic carbocycles. The molecule has 0 atom stereocenters. The highest BCUT2D eigenvalue weighted by Gasteiger charge is 2.15. The summed E-state index contributed by atoms with van der Waals surface area (Å²) in [6, 6.07) is 0. The van der Waals surface area contributed by atoms with E-state index in [-0.39, 0.29) is 25.8 Å². The Balaban J connectivity index is 3.41. The van der Waals surface area contributed by atoms with E-state index in [0.29, 0.717) is 0 Å². The number of carbonyl (C=O) groups excluding carboxylic acids is 1. The summed E-state index contributed by atoms with van der Waals surface area (Å²) in [4.78, 5) is 15.2. The van der Waals surface area contributed by atoms with Gasteiger partial charge < -0.3 is 14.3 Å². The Hall–Kier alpha value is -0.650.